The molecule has 1 atom stereocenters. The summed E-state index contributed by atoms with van der Waals surface area (Å²) in [5.41, 5.74) is 3.84. The number of aryl methyl sites for hydroxylation is 2. The predicted molar refractivity (Wildman–Crippen MR) is 144 cm³/mol. The maximum atomic E-state index is 13.5. The molecule has 37 heavy (non-hydrogen) atoms. The number of anilines is 3. The predicted octanol–water partition coefficient (Wildman–Crippen LogP) is 2.55. The monoisotopic (exact) mass is 521 g/mol. The van der Waals surface area contributed by atoms with Crippen LogP contribution in [-0.2, 0) is 11.8 Å². The number of aromatic nitrogens is 4. The van der Waals surface area contributed by atoms with E-state index in [0.29, 0.717) is 46.3 Å². The highest BCUT2D eigenvalue weighted by atomic mass is 35.5. The fraction of sp³-hybridized carbons (Fsp3) is 0.308. The molecule has 2 N–H and O–H groups in total. The van der Waals surface area contributed by atoms with E-state index in [2.05, 4.69) is 25.2 Å². The van der Waals surface area contributed by atoms with E-state index in [-0.39, 0.29) is 18.4 Å². The summed E-state index contributed by atoms with van der Waals surface area (Å²) in [6, 6.07) is 13.4. The number of hydrogen-bond donors (Lipinski definition) is 2. The van der Waals surface area contributed by atoms with Gasteiger partial charge in [-0.3, -0.25) is 9.56 Å². The molecule has 4 aromatic rings. The Morgan fingerprint density at radius 1 is 1.24 bits per heavy atom. The van der Waals surface area contributed by atoms with Crippen LogP contribution in [0.5, 0.6) is 0 Å². The molecule has 192 valence electrons. The third kappa shape index (κ3) is 4.71. The molecule has 3 heterocycles. The van der Waals surface area contributed by atoms with Crippen LogP contribution in [0.1, 0.15) is 5.56 Å². The molecule has 2 aromatic heterocycles. The normalized spacial score (nSPS) is 16.4. The van der Waals surface area contributed by atoms with Gasteiger partial charge >= 0.3 is 5.69 Å². The first kappa shape index (κ1) is 24.9. The van der Waals surface area contributed by atoms with E-state index in [4.69, 9.17) is 16.3 Å². The molecule has 5 rings (SSSR count). The van der Waals surface area contributed by atoms with Gasteiger partial charge in [0.1, 0.15) is 5.49 Å². The van der Waals surface area contributed by atoms with E-state index in [1.54, 1.807) is 26.4 Å². The van der Waals surface area contributed by atoms with Crippen LogP contribution in [-0.4, -0.2) is 63.7 Å². The van der Waals surface area contributed by atoms with Crippen molar-refractivity contribution in [1.82, 2.24) is 19.1 Å². The molecule has 1 fully saturated rings. The Labute approximate surface area is 218 Å². The number of halogens is 1. The smallest absolute Gasteiger partial charge is 0.335 e. The summed E-state index contributed by atoms with van der Waals surface area (Å²) in [4.78, 5) is 29.2. The molecule has 0 aliphatic carbocycles. The number of hydrogen-bond acceptors (Lipinski definition) is 8. The van der Waals surface area contributed by atoms with Crippen molar-refractivity contribution in [3.05, 3.63) is 75.2 Å². The lowest BCUT2D eigenvalue weighted by Crippen LogP contribution is -2.44. The first-order valence-electron chi connectivity index (χ1n) is 11.9. The van der Waals surface area contributed by atoms with Gasteiger partial charge in [0.25, 0.3) is 0 Å². The quantitative estimate of drug-likeness (QED) is 0.415. The summed E-state index contributed by atoms with van der Waals surface area (Å²) in [6.07, 6.45) is 1.48. The average Bonchev–Trinajstić information content (AvgIpc) is 2.92. The number of nitrogens with zero attached hydrogens (tertiary/aromatic N) is 6. The van der Waals surface area contributed by atoms with Gasteiger partial charge in [0.2, 0.25) is 5.95 Å². The Bertz CT molecular complexity index is 1560. The standard InChI is InChI=1S/C26H28ClN7O3/c1-16-5-4-6-21(27)22(16)34-23(28-2)20-13-29-25(31-24(20)32(3)26(34)36)30-17-7-9-18(10-8-17)33-11-12-37-19(14-33)15-35/h4-10,13,19,35H,11-12,14-15H2,1-3H3,(H,29,30,31)/b28-23-. The second-order valence-corrected chi connectivity index (χ2v) is 9.26. The number of aliphatic hydroxyl groups is 1. The molecule has 0 saturated carbocycles. The van der Waals surface area contributed by atoms with Crippen molar-refractivity contribution in [3.63, 3.8) is 0 Å². The van der Waals surface area contributed by atoms with Gasteiger partial charge in [0.05, 0.1) is 35.4 Å². The van der Waals surface area contributed by atoms with Crippen LogP contribution in [0.25, 0.3) is 16.7 Å². The Hall–Kier alpha value is -3.73. The van der Waals surface area contributed by atoms with Gasteiger partial charge in [0.15, 0.2) is 5.65 Å². The Balaban J connectivity index is 1.49. The van der Waals surface area contributed by atoms with Crippen LogP contribution in [0.3, 0.4) is 0 Å². The molecule has 0 spiro atoms. The fourth-order valence-corrected chi connectivity index (χ4v) is 4.88. The summed E-state index contributed by atoms with van der Waals surface area (Å²) >= 11 is 6.49. The second-order valence-electron chi connectivity index (χ2n) is 8.85. The Morgan fingerprint density at radius 2 is 2.03 bits per heavy atom. The van der Waals surface area contributed by atoms with Crippen LogP contribution in [0, 0.1) is 6.92 Å². The molecule has 11 heteroatoms. The first-order chi connectivity index (χ1) is 17.9. The molecular weight excluding hydrogens is 494 g/mol. The molecule has 10 nitrogen and oxygen atoms in total. The average molecular weight is 522 g/mol. The number of morpholine rings is 1. The van der Waals surface area contributed by atoms with E-state index in [1.165, 1.54) is 9.13 Å². The number of aliphatic hydroxyl groups excluding tert-OH is 1. The zero-order valence-corrected chi connectivity index (χ0v) is 21.6. The van der Waals surface area contributed by atoms with E-state index < -0.39 is 0 Å². The summed E-state index contributed by atoms with van der Waals surface area (Å²) in [5, 5.41) is 13.7. The van der Waals surface area contributed by atoms with Crippen molar-refractivity contribution in [2.75, 3.05) is 43.6 Å². The molecule has 1 aliphatic rings. The maximum absolute atomic E-state index is 13.5. The lowest BCUT2D eigenvalue weighted by atomic mass is 10.2. The molecule has 0 amide bonds. The zero-order chi connectivity index (χ0) is 26.1. The minimum absolute atomic E-state index is 0.00294. The third-order valence-electron chi connectivity index (χ3n) is 6.47. The van der Waals surface area contributed by atoms with Gasteiger partial charge in [-0.15, -0.1) is 0 Å². The minimum atomic E-state index is -0.315. The summed E-state index contributed by atoms with van der Waals surface area (Å²) in [6.45, 7) is 3.89. The largest absolute Gasteiger partial charge is 0.394 e. The van der Waals surface area contributed by atoms with Crippen molar-refractivity contribution in [2.24, 2.45) is 12.0 Å². The summed E-state index contributed by atoms with van der Waals surface area (Å²) in [7, 11) is 3.29. The van der Waals surface area contributed by atoms with Gasteiger partial charge in [-0.25, -0.2) is 14.3 Å². The molecule has 1 saturated heterocycles. The molecule has 1 unspecified atom stereocenters. The summed E-state index contributed by atoms with van der Waals surface area (Å²) in [5.74, 6) is 0.357. The number of benzene rings is 2. The van der Waals surface area contributed by atoms with Crippen LogP contribution in [0.2, 0.25) is 5.02 Å². The highest BCUT2D eigenvalue weighted by Gasteiger charge is 2.20. The SMILES string of the molecule is C/N=c1/c2cnc(Nc3ccc(N4CCOC(CO)C4)cc3)nc2n(C)c(=O)n1-c1c(C)cccc1Cl. The molecule has 0 bridgehead atoms. The van der Waals surface area contributed by atoms with E-state index >= 15 is 0 Å². The van der Waals surface area contributed by atoms with Gasteiger partial charge in [-0.2, -0.15) is 4.98 Å². The molecule has 2 aromatic carbocycles. The van der Waals surface area contributed by atoms with E-state index in [0.717, 1.165) is 23.5 Å². The zero-order valence-electron chi connectivity index (χ0n) is 20.8. The van der Waals surface area contributed by atoms with Crippen molar-refractivity contribution in [3.8, 4) is 5.69 Å². The topological polar surface area (TPSA) is 110 Å². The molecular formula is C26H28ClN7O3. The summed E-state index contributed by atoms with van der Waals surface area (Å²) < 4.78 is 8.51. The van der Waals surface area contributed by atoms with Crippen LogP contribution < -0.4 is 21.4 Å². The van der Waals surface area contributed by atoms with Crippen LogP contribution >= 0.6 is 11.6 Å². The van der Waals surface area contributed by atoms with E-state index in [1.807, 2.05) is 43.3 Å². The number of rotatable bonds is 5. The van der Waals surface area contributed by atoms with Gasteiger partial charge in [-0.05, 0) is 42.8 Å². The van der Waals surface area contributed by atoms with Crippen molar-refractivity contribution in [1.29, 1.82) is 0 Å². The maximum Gasteiger partial charge on any atom is 0.335 e. The first-order valence-corrected chi connectivity index (χ1v) is 12.3. The highest BCUT2D eigenvalue weighted by Crippen LogP contribution is 2.24. The number of para-hydroxylation sites is 1. The number of nitrogens with one attached hydrogen (secondary N) is 1. The Kier molecular flexibility index (Phi) is 6.96. The number of fused-ring (bicyclic) bond motifs is 1. The van der Waals surface area contributed by atoms with E-state index in [9.17, 15) is 9.90 Å². The lowest BCUT2D eigenvalue weighted by molar-refractivity contribution is 0.00357. The Morgan fingerprint density at radius 3 is 2.73 bits per heavy atom. The van der Waals surface area contributed by atoms with Crippen molar-refractivity contribution in [2.45, 2.75) is 13.0 Å². The van der Waals surface area contributed by atoms with Crippen molar-refractivity contribution < 1.29 is 9.84 Å². The minimum Gasteiger partial charge on any atom is -0.394 e. The second kappa shape index (κ2) is 10.3. The fourth-order valence-electron chi connectivity index (χ4n) is 4.58. The van der Waals surface area contributed by atoms with Gasteiger partial charge in [0, 0.05) is 44.8 Å². The van der Waals surface area contributed by atoms with Gasteiger partial charge < -0.3 is 20.1 Å². The van der Waals surface area contributed by atoms with Crippen molar-refractivity contribution >= 4 is 40.0 Å². The van der Waals surface area contributed by atoms with Crippen LogP contribution in [0.4, 0.5) is 17.3 Å². The number of ether oxygens (including phenoxy) is 1. The van der Waals surface area contributed by atoms with Crippen LogP contribution in [0.15, 0.2) is 58.4 Å². The highest BCUT2D eigenvalue weighted by molar-refractivity contribution is 6.32. The van der Waals surface area contributed by atoms with Gasteiger partial charge in [-0.1, -0.05) is 23.7 Å². The molecule has 0 radical (unpaired) electrons. The third-order valence-corrected chi connectivity index (χ3v) is 6.78. The lowest BCUT2D eigenvalue weighted by Gasteiger charge is -2.33. The molecule has 1 aliphatic heterocycles.